The van der Waals surface area contributed by atoms with E-state index < -0.39 is 6.09 Å². The average Bonchev–Trinajstić information content (AvgIpc) is 2.94. The van der Waals surface area contributed by atoms with Crippen molar-refractivity contribution in [3.8, 4) is 17.2 Å². The van der Waals surface area contributed by atoms with E-state index in [1.165, 1.54) is 39.5 Å². The summed E-state index contributed by atoms with van der Waals surface area (Å²) in [7, 11) is 5.75. The highest BCUT2D eigenvalue weighted by molar-refractivity contribution is 6.11. The van der Waals surface area contributed by atoms with Gasteiger partial charge in [0, 0.05) is 23.5 Å². The third-order valence-corrected chi connectivity index (χ3v) is 4.44. The summed E-state index contributed by atoms with van der Waals surface area (Å²) in [6.07, 6.45) is 6.00. The van der Waals surface area contributed by atoms with E-state index in [0.717, 1.165) is 5.57 Å². The minimum absolute atomic E-state index is 0.239. The second-order valence-corrected chi connectivity index (χ2v) is 7.37. The fourth-order valence-electron chi connectivity index (χ4n) is 2.79. The molecule has 0 aromatic heterocycles. The lowest BCUT2D eigenvalue weighted by Crippen LogP contribution is -2.20. The van der Waals surface area contributed by atoms with Crippen LogP contribution in [0.1, 0.15) is 31.1 Å². The van der Waals surface area contributed by atoms with Gasteiger partial charge in [-0.3, -0.25) is 9.69 Å². The Bertz CT molecular complexity index is 864. The summed E-state index contributed by atoms with van der Waals surface area (Å²) in [5, 5.41) is 0. The van der Waals surface area contributed by atoms with E-state index in [2.05, 4.69) is 0 Å². The number of carbonyl (C=O) groups excluding carboxylic acids is 2. The molecule has 0 fully saturated rings. The number of ketones is 1. The molecule has 1 aromatic carbocycles. The van der Waals surface area contributed by atoms with E-state index in [0.29, 0.717) is 28.4 Å². The van der Waals surface area contributed by atoms with E-state index in [-0.39, 0.29) is 11.2 Å². The lowest BCUT2D eigenvalue weighted by Gasteiger charge is -2.20. The quantitative estimate of drug-likeness (QED) is 0.683. The fourth-order valence-corrected chi connectivity index (χ4v) is 2.79. The Morgan fingerprint density at radius 3 is 1.97 bits per heavy atom. The summed E-state index contributed by atoms with van der Waals surface area (Å²) in [4.78, 5) is 26.7. The Labute approximate surface area is 171 Å². The predicted octanol–water partition coefficient (Wildman–Crippen LogP) is 4.35. The third-order valence-electron chi connectivity index (χ3n) is 4.44. The molecule has 0 radical (unpaired) electrons. The summed E-state index contributed by atoms with van der Waals surface area (Å²) in [5.41, 5.74) is 1.30. The first kappa shape index (κ1) is 22.1. The highest BCUT2D eigenvalue weighted by atomic mass is 16.5. The van der Waals surface area contributed by atoms with E-state index in [1.54, 1.807) is 30.5 Å². The zero-order valence-electron chi connectivity index (χ0n) is 17.9. The normalized spacial score (nSPS) is 13.8. The molecule has 0 aliphatic carbocycles. The number of nitrogens with zero attached hydrogens (tertiary/aromatic N) is 1. The average molecular weight is 401 g/mol. The molecule has 0 saturated heterocycles. The summed E-state index contributed by atoms with van der Waals surface area (Å²) in [6.45, 7) is 6.08. The lowest BCUT2D eigenvalue weighted by atomic mass is 9.84. The van der Waals surface area contributed by atoms with Crippen molar-refractivity contribution in [1.29, 1.82) is 0 Å². The van der Waals surface area contributed by atoms with Crippen LogP contribution in [0.2, 0.25) is 0 Å². The maximum Gasteiger partial charge on any atom is 0.417 e. The molecular formula is C22H27NO6. The number of benzene rings is 1. The molecule has 1 aromatic rings. The molecule has 1 amide bonds. The first-order chi connectivity index (χ1) is 13.7. The number of allylic oxidation sites excluding steroid dienone is 4. The molecule has 2 rings (SSSR count). The molecular weight excluding hydrogens is 374 g/mol. The fraction of sp³-hybridized carbons (Fsp3) is 0.364. The number of amides is 1. The molecule has 0 unspecified atom stereocenters. The van der Waals surface area contributed by atoms with Crippen LogP contribution in [0.15, 0.2) is 47.8 Å². The van der Waals surface area contributed by atoms with Crippen molar-refractivity contribution < 1.29 is 28.5 Å². The topological polar surface area (TPSA) is 74.3 Å². The summed E-state index contributed by atoms with van der Waals surface area (Å²) in [5.74, 6) is 0.827. The molecule has 0 bridgehead atoms. The van der Waals surface area contributed by atoms with Gasteiger partial charge in [-0.1, -0.05) is 20.8 Å². The maximum absolute atomic E-state index is 13.3. The number of methoxy groups -OCH3 is 4. The first-order valence-electron chi connectivity index (χ1n) is 8.99. The molecule has 1 aliphatic rings. The number of hydrogen-bond donors (Lipinski definition) is 0. The summed E-state index contributed by atoms with van der Waals surface area (Å²) < 4.78 is 20.8. The molecule has 0 N–H and O–H groups in total. The third kappa shape index (κ3) is 4.80. The standard InChI is InChI=1S/C22H27NO6/c1-22(2,3)16-8-9-23(21(25)29-7)13-15(10-16)19(24)14-11-17(26-4)20(28-6)18(12-14)27-5/h8-13H,1-7H3. The van der Waals surface area contributed by atoms with Gasteiger partial charge in [-0.25, -0.2) is 4.79 Å². The van der Waals surface area contributed by atoms with Gasteiger partial charge in [0.25, 0.3) is 0 Å². The van der Waals surface area contributed by atoms with Gasteiger partial charge in [0.05, 0.1) is 28.4 Å². The van der Waals surface area contributed by atoms with Crippen LogP contribution in [0.5, 0.6) is 17.2 Å². The van der Waals surface area contributed by atoms with Gasteiger partial charge in [-0.2, -0.15) is 0 Å². The lowest BCUT2D eigenvalue weighted by molar-refractivity contribution is 0.103. The molecule has 1 aliphatic heterocycles. The van der Waals surface area contributed by atoms with Crippen LogP contribution in [0.4, 0.5) is 4.79 Å². The molecule has 0 saturated carbocycles. The molecule has 0 spiro atoms. The Balaban J connectivity index is 2.61. The monoisotopic (exact) mass is 401 g/mol. The van der Waals surface area contributed by atoms with E-state index in [1.807, 2.05) is 20.8 Å². The van der Waals surface area contributed by atoms with Gasteiger partial charge in [0.15, 0.2) is 17.3 Å². The zero-order valence-corrected chi connectivity index (χ0v) is 17.9. The van der Waals surface area contributed by atoms with Crippen molar-refractivity contribution in [3.05, 3.63) is 53.4 Å². The molecule has 7 heteroatoms. The minimum Gasteiger partial charge on any atom is -0.493 e. The van der Waals surface area contributed by atoms with E-state index in [4.69, 9.17) is 18.9 Å². The van der Waals surface area contributed by atoms with Crippen LogP contribution in [0, 0.1) is 5.41 Å². The summed E-state index contributed by atoms with van der Waals surface area (Å²) >= 11 is 0. The number of hydrogen-bond acceptors (Lipinski definition) is 6. The van der Waals surface area contributed by atoms with Crippen molar-refractivity contribution in [2.75, 3.05) is 28.4 Å². The number of carbonyl (C=O) groups is 2. The number of Topliss-reactive ketones (excluding diaryl/α,β-unsaturated/α-hetero) is 1. The highest BCUT2D eigenvalue weighted by Crippen LogP contribution is 2.39. The van der Waals surface area contributed by atoms with Crippen molar-refractivity contribution in [3.63, 3.8) is 0 Å². The van der Waals surface area contributed by atoms with Crippen molar-refractivity contribution >= 4 is 11.9 Å². The molecule has 1 heterocycles. The molecule has 7 nitrogen and oxygen atoms in total. The molecule has 0 atom stereocenters. The molecule has 156 valence electrons. The predicted molar refractivity (Wildman–Crippen MR) is 109 cm³/mol. The smallest absolute Gasteiger partial charge is 0.417 e. The van der Waals surface area contributed by atoms with Gasteiger partial charge in [0.2, 0.25) is 5.75 Å². The maximum atomic E-state index is 13.3. The zero-order chi connectivity index (χ0) is 21.8. The number of rotatable bonds is 5. The Morgan fingerprint density at radius 1 is 0.931 bits per heavy atom. The van der Waals surface area contributed by atoms with Gasteiger partial charge >= 0.3 is 6.09 Å². The summed E-state index contributed by atoms with van der Waals surface area (Å²) in [6, 6.07) is 3.16. The molecule has 29 heavy (non-hydrogen) atoms. The van der Waals surface area contributed by atoms with Crippen LogP contribution in [-0.2, 0) is 4.74 Å². The van der Waals surface area contributed by atoms with E-state index in [9.17, 15) is 9.59 Å². The number of ether oxygens (including phenoxy) is 4. The van der Waals surface area contributed by atoms with Crippen LogP contribution in [0.25, 0.3) is 0 Å². The largest absolute Gasteiger partial charge is 0.493 e. The van der Waals surface area contributed by atoms with Crippen molar-refractivity contribution in [2.24, 2.45) is 5.41 Å². The Morgan fingerprint density at radius 2 is 1.52 bits per heavy atom. The van der Waals surface area contributed by atoms with Gasteiger partial charge < -0.3 is 18.9 Å². The van der Waals surface area contributed by atoms with E-state index >= 15 is 0 Å². The van der Waals surface area contributed by atoms with Crippen LogP contribution in [-0.4, -0.2) is 45.2 Å². The minimum atomic E-state index is -0.597. The Hall–Kier alpha value is -3.22. The first-order valence-corrected chi connectivity index (χ1v) is 8.99. The van der Waals surface area contributed by atoms with Crippen LogP contribution >= 0.6 is 0 Å². The highest BCUT2D eigenvalue weighted by Gasteiger charge is 2.24. The SMILES string of the molecule is COC(=O)N1C=CC(C(C)(C)C)=CC(C(=O)c2cc(OC)c(OC)c(OC)c2)=C1. The van der Waals surface area contributed by atoms with Crippen LogP contribution < -0.4 is 14.2 Å². The van der Waals surface area contributed by atoms with Crippen molar-refractivity contribution in [2.45, 2.75) is 20.8 Å². The second kappa shape index (κ2) is 8.86. The van der Waals surface area contributed by atoms with Gasteiger partial charge in [-0.15, -0.1) is 0 Å². The van der Waals surface area contributed by atoms with Crippen LogP contribution in [0.3, 0.4) is 0 Å². The second-order valence-electron chi connectivity index (χ2n) is 7.37. The van der Waals surface area contributed by atoms with Crippen molar-refractivity contribution in [1.82, 2.24) is 4.90 Å². The van der Waals surface area contributed by atoms with Gasteiger partial charge in [0.1, 0.15) is 0 Å². The van der Waals surface area contributed by atoms with Gasteiger partial charge in [-0.05, 0) is 35.3 Å². The Kier molecular flexibility index (Phi) is 6.74.